The fraction of sp³-hybridized carbons (Fsp3) is 0.652. The van der Waals surface area contributed by atoms with Gasteiger partial charge in [-0.2, -0.15) is 0 Å². The average molecular weight is 329 g/mol. The van der Waals surface area contributed by atoms with E-state index >= 15 is 0 Å². The molecule has 24 heavy (non-hydrogen) atoms. The lowest BCUT2D eigenvalue weighted by atomic mass is 9.70. The van der Waals surface area contributed by atoms with Crippen molar-refractivity contribution in [3.8, 4) is 0 Å². The second kappa shape index (κ2) is 6.58. The molecule has 1 aromatic rings. The van der Waals surface area contributed by atoms with Crippen LogP contribution in [0.25, 0.3) is 0 Å². The van der Waals surface area contributed by atoms with Gasteiger partial charge in [0.25, 0.3) is 0 Å². The highest BCUT2D eigenvalue weighted by Gasteiger charge is 2.35. The zero-order valence-corrected chi connectivity index (χ0v) is 17.5. The number of hydrogen-bond acceptors (Lipinski definition) is 1. The van der Waals surface area contributed by atoms with Gasteiger partial charge in [0.2, 0.25) is 0 Å². The number of ether oxygens (including phenoxy) is 1. The Balaban J connectivity index is 2.97. The molecule has 0 aliphatic carbocycles. The topological polar surface area (TPSA) is 9.23 Å². The van der Waals surface area contributed by atoms with Gasteiger partial charge in [0.1, 0.15) is 11.9 Å². The summed E-state index contributed by atoms with van der Waals surface area (Å²) >= 11 is 0. The van der Waals surface area contributed by atoms with Crippen LogP contribution in [0.1, 0.15) is 108 Å². The lowest BCUT2D eigenvalue weighted by Gasteiger charge is -2.39. The fourth-order valence-corrected chi connectivity index (χ4v) is 4.80. The van der Waals surface area contributed by atoms with Gasteiger partial charge in [0.05, 0.1) is 0 Å². The van der Waals surface area contributed by atoms with Gasteiger partial charge in [-0.25, -0.2) is 0 Å². The Morgan fingerprint density at radius 3 is 1.92 bits per heavy atom. The Morgan fingerprint density at radius 1 is 0.958 bits per heavy atom. The van der Waals surface area contributed by atoms with E-state index in [1.165, 1.54) is 22.5 Å². The average Bonchev–Trinajstić information content (AvgIpc) is 2.48. The summed E-state index contributed by atoms with van der Waals surface area (Å²) in [7, 11) is 0. The summed E-state index contributed by atoms with van der Waals surface area (Å²) in [5.41, 5.74) is 10.6. The lowest BCUT2D eigenvalue weighted by molar-refractivity contribution is 0.102. The highest BCUT2D eigenvalue weighted by atomic mass is 16.5. The van der Waals surface area contributed by atoms with Crippen molar-refractivity contribution in [2.24, 2.45) is 0 Å². The van der Waals surface area contributed by atoms with Crippen LogP contribution in [-0.4, -0.2) is 0 Å². The number of rotatable bonds is 2. The van der Waals surface area contributed by atoms with Gasteiger partial charge in [-0.15, -0.1) is 0 Å². The first-order valence-electron chi connectivity index (χ1n) is 9.58. The first kappa shape index (κ1) is 19.1. The van der Waals surface area contributed by atoms with Crippen LogP contribution >= 0.6 is 0 Å². The molecule has 1 heterocycles. The highest BCUT2D eigenvalue weighted by Crippen LogP contribution is 2.48. The van der Waals surface area contributed by atoms with Crippen molar-refractivity contribution in [2.75, 3.05) is 0 Å². The Morgan fingerprint density at radius 2 is 1.50 bits per heavy atom. The predicted molar refractivity (Wildman–Crippen MR) is 105 cm³/mol. The van der Waals surface area contributed by atoms with E-state index in [4.69, 9.17) is 4.74 Å². The van der Waals surface area contributed by atoms with E-state index in [2.05, 4.69) is 69.2 Å². The van der Waals surface area contributed by atoms with Gasteiger partial charge >= 0.3 is 0 Å². The number of allylic oxidation sites excluding steroid dienone is 2. The molecule has 0 bridgehead atoms. The minimum atomic E-state index is 0.144. The third kappa shape index (κ3) is 2.91. The molecular formula is C23H36O. The SMILES string of the molecule is CCc1c(C)c2c(c(CC)c1C(C)(C)C)C(C)C(=C(C)C)OC2C. The first-order valence-corrected chi connectivity index (χ1v) is 9.58. The van der Waals surface area contributed by atoms with Gasteiger partial charge in [-0.1, -0.05) is 41.5 Å². The van der Waals surface area contributed by atoms with E-state index in [1.807, 2.05) is 0 Å². The molecule has 1 aliphatic heterocycles. The molecule has 1 nitrogen and oxygen atoms in total. The number of fused-ring (bicyclic) bond motifs is 1. The lowest BCUT2D eigenvalue weighted by Crippen LogP contribution is -2.26. The van der Waals surface area contributed by atoms with Gasteiger partial charge in [0, 0.05) is 5.92 Å². The van der Waals surface area contributed by atoms with Crippen LogP contribution < -0.4 is 0 Å². The van der Waals surface area contributed by atoms with Crippen LogP contribution in [0.15, 0.2) is 11.3 Å². The van der Waals surface area contributed by atoms with Crippen molar-refractivity contribution in [3.05, 3.63) is 44.7 Å². The zero-order chi connectivity index (χ0) is 18.4. The second-order valence-electron chi connectivity index (χ2n) is 8.59. The molecular weight excluding hydrogens is 292 g/mol. The third-order valence-electron chi connectivity index (χ3n) is 5.56. The summed E-state index contributed by atoms with van der Waals surface area (Å²) in [6, 6.07) is 0. The van der Waals surface area contributed by atoms with Crippen LogP contribution in [0.2, 0.25) is 0 Å². The van der Waals surface area contributed by atoms with Crippen LogP contribution in [0, 0.1) is 6.92 Å². The van der Waals surface area contributed by atoms with Gasteiger partial charge in [-0.05, 0) is 84.9 Å². The van der Waals surface area contributed by atoms with Crippen molar-refractivity contribution in [2.45, 2.75) is 99.5 Å². The maximum absolute atomic E-state index is 6.37. The number of hydrogen-bond donors (Lipinski definition) is 0. The van der Waals surface area contributed by atoms with E-state index in [9.17, 15) is 0 Å². The molecule has 134 valence electrons. The molecule has 0 saturated carbocycles. The molecule has 0 radical (unpaired) electrons. The molecule has 1 aliphatic rings. The smallest absolute Gasteiger partial charge is 0.121 e. The summed E-state index contributed by atoms with van der Waals surface area (Å²) in [5.74, 6) is 1.52. The molecule has 2 atom stereocenters. The summed E-state index contributed by atoms with van der Waals surface area (Å²) in [6.07, 6.45) is 2.33. The molecule has 0 spiro atoms. The Labute approximate surface area is 149 Å². The minimum absolute atomic E-state index is 0.144. The Hall–Kier alpha value is -1.24. The summed E-state index contributed by atoms with van der Waals surface area (Å²) in [6.45, 7) is 22.9. The molecule has 0 N–H and O–H groups in total. The first-order chi connectivity index (χ1) is 11.1. The van der Waals surface area contributed by atoms with Crippen molar-refractivity contribution in [3.63, 3.8) is 0 Å². The molecule has 0 aromatic heterocycles. The van der Waals surface area contributed by atoms with Gasteiger partial charge in [0.15, 0.2) is 0 Å². The fourth-order valence-electron chi connectivity index (χ4n) is 4.80. The maximum Gasteiger partial charge on any atom is 0.121 e. The van der Waals surface area contributed by atoms with E-state index in [0.717, 1.165) is 12.8 Å². The Bertz CT molecular complexity index is 667. The standard InChI is InChI=1S/C23H36O/c1-11-17-14(5)19-16(7)24-22(13(3)4)15(6)20(19)18(12-2)21(17)23(8,9)10/h15-16H,11-12H2,1-10H3. The van der Waals surface area contributed by atoms with Crippen molar-refractivity contribution in [1.29, 1.82) is 0 Å². The van der Waals surface area contributed by atoms with Crippen LogP contribution in [0.4, 0.5) is 0 Å². The third-order valence-corrected chi connectivity index (χ3v) is 5.56. The van der Waals surface area contributed by atoms with Crippen LogP contribution in [-0.2, 0) is 23.0 Å². The largest absolute Gasteiger partial charge is 0.490 e. The maximum atomic E-state index is 6.37. The quantitative estimate of drug-likeness (QED) is 0.573. The van der Waals surface area contributed by atoms with Crippen LogP contribution in [0.5, 0.6) is 0 Å². The molecule has 1 heteroatoms. The van der Waals surface area contributed by atoms with E-state index in [-0.39, 0.29) is 11.5 Å². The molecule has 1 aromatic carbocycles. The monoisotopic (exact) mass is 328 g/mol. The van der Waals surface area contributed by atoms with Crippen molar-refractivity contribution < 1.29 is 4.74 Å². The normalized spacial score (nSPS) is 20.7. The minimum Gasteiger partial charge on any atom is -0.490 e. The summed E-state index contributed by atoms with van der Waals surface area (Å²) in [4.78, 5) is 0. The summed E-state index contributed by atoms with van der Waals surface area (Å²) in [5, 5.41) is 0. The molecule has 0 fully saturated rings. The van der Waals surface area contributed by atoms with Gasteiger partial charge < -0.3 is 4.74 Å². The highest BCUT2D eigenvalue weighted by molar-refractivity contribution is 5.58. The molecule has 0 amide bonds. The number of benzene rings is 1. The summed E-state index contributed by atoms with van der Waals surface area (Å²) < 4.78 is 6.37. The van der Waals surface area contributed by atoms with Gasteiger partial charge in [-0.3, -0.25) is 0 Å². The molecule has 2 rings (SSSR count). The molecule has 2 unspecified atom stereocenters. The van der Waals surface area contributed by atoms with Crippen molar-refractivity contribution >= 4 is 0 Å². The van der Waals surface area contributed by atoms with Crippen molar-refractivity contribution in [1.82, 2.24) is 0 Å². The second-order valence-corrected chi connectivity index (χ2v) is 8.59. The zero-order valence-electron chi connectivity index (χ0n) is 17.5. The van der Waals surface area contributed by atoms with E-state index in [1.54, 1.807) is 22.3 Å². The van der Waals surface area contributed by atoms with E-state index in [0.29, 0.717) is 5.92 Å². The van der Waals surface area contributed by atoms with E-state index < -0.39 is 0 Å². The molecule has 0 saturated heterocycles. The Kier molecular flexibility index (Phi) is 5.23. The van der Waals surface area contributed by atoms with Crippen LogP contribution in [0.3, 0.4) is 0 Å². The predicted octanol–water partition coefficient (Wildman–Crippen LogP) is 6.91.